The molecule has 1 fully saturated rings. The molecule has 0 radical (unpaired) electrons. The first-order valence-corrected chi connectivity index (χ1v) is 6.87. The van der Waals surface area contributed by atoms with Gasteiger partial charge in [-0.2, -0.15) is 5.26 Å². The zero-order chi connectivity index (χ0) is 14.0. The lowest BCUT2D eigenvalue weighted by atomic mass is 10.0. The Hall–Kier alpha value is -2.12. The highest BCUT2D eigenvalue weighted by Gasteiger charge is 2.39. The van der Waals surface area contributed by atoms with Crippen molar-refractivity contribution in [3.05, 3.63) is 36.5 Å². The molecule has 1 heterocycles. The van der Waals surface area contributed by atoms with Crippen molar-refractivity contribution >= 4 is 10.9 Å². The normalized spacial score (nSPS) is 25.5. The van der Waals surface area contributed by atoms with Gasteiger partial charge in [0.1, 0.15) is 17.4 Å². The number of benzene rings is 1. The SMILES string of the molecule is CNC1(C#N)CCC(Oc2cccc3ncccc23)C1. The quantitative estimate of drug-likeness (QED) is 0.928. The van der Waals surface area contributed by atoms with Gasteiger partial charge in [-0.3, -0.25) is 4.98 Å². The summed E-state index contributed by atoms with van der Waals surface area (Å²) in [6, 6.07) is 12.2. The second-order valence-corrected chi connectivity index (χ2v) is 5.25. The van der Waals surface area contributed by atoms with Crippen molar-refractivity contribution in [3.63, 3.8) is 0 Å². The minimum absolute atomic E-state index is 0.0768. The van der Waals surface area contributed by atoms with Gasteiger partial charge in [0.15, 0.2) is 0 Å². The number of nitrogens with one attached hydrogen (secondary N) is 1. The molecule has 0 amide bonds. The number of fused-ring (bicyclic) bond motifs is 1. The van der Waals surface area contributed by atoms with Gasteiger partial charge in [0, 0.05) is 18.0 Å². The van der Waals surface area contributed by atoms with E-state index in [0.717, 1.165) is 35.9 Å². The lowest BCUT2D eigenvalue weighted by Crippen LogP contribution is -2.39. The fourth-order valence-electron chi connectivity index (χ4n) is 2.84. The third kappa shape index (κ3) is 2.21. The van der Waals surface area contributed by atoms with E-state index in [1.54, 1.807) is 6.20 Å². The standard InChI is InChI=1S/C16H17N3O/c1-18-16(11-17)8-7-12(10-16)20-15-6-2-5-14-13(15)4-3-9-19-14/h2-6,9,12,18H,7-8,10H2,1H3. The van der Waals surface area contributed by atoms with E-state index in [1.807, 2.05) is 37.4 Å². The summed E-state index contributed by atoms with van der Waals surface area (Å²) in [5.74, 6) is 0.852. The molecule has 0 bridgehead atoms. The summed E-state index contributed by atoms with van der Waals surface area (Å²) in [5, 5.41) is 13.4. The summed E-state index contributed by atoms with van der Waals surface area (Å²) in [6.07, 6.45) is 4.30. The number of hydrogen-bond acceptors (Lipinski definition) is 4. The summed E-state index contributed by atoms with van der Waals surface area (Å²) in [5.41, 5.74) is 0.496. The van der Waals surface area contributed by atoms with E-state index in [9.17, 15) is 5.26 Å². The fraction of sp³-hybridized carbons (Fsp3) is 0.375. The molecule has 4 heteroatoms. The minimum Gasteiger partial charge on any atom is -0.490 e. The number of hydrogen-bond donors (Lipinski definition) is 1. The average molecular weight is 267 g/mol. The molecule has 0 aliphatic heterocycles. The Morgan fingerprint density at radius 3 is 3.05 bits per heavy atom. The predicted octanol–water partition coefficient (Wildman–Crippen LogP) is 2.65. The molecule has 1 aromatic carbocycles. The van der Waals surface area contributed by atoms with Crippen molar-refractivity contribution in [2.24, 2.45) is 0 Å². The van der Waals surface area contributed by atoms with E-state index >= 15 is 0 Å². The molecule has 2 atom stereocenters. The highest BCUT2D eigenvalue weighted by atomic mass is 16.5. The van der Waals surface area contributed by atoms with E-state index in [4.69, 9.17) is 4.74 Å². The maximum absolute atomic E-state index is 9.29. The van der Waals surface area contributed by atoms with Crippen LogP contribution in [0.25, 0.3) is 10.9 Å². The number of rotatable bonds is 3. The number of nitrogens with zero attached hydrogens (tertiary/aromatic N) is 2. The molecule has 0 saturated heterocycles. The monoisotopic (exact) mass is 267 g/mol. The van der Waals surface area contributed by atoms with Crippen molar-refractivity contribution in [2.75, 3.05) is 7.05 Å². The number of ether oxygens (including phenoxy) is 1. The Kier molecular flexibility index (Phi) is 3.29. The smallest absolute Gasteiger partial charge is 0.129 e. The number of pyridine rings is 1. The Labute approximate surface area is 118 Å². The van der Waals surface area contributed by atoms with Crippen molar-refractivity contribution in [2.45, 2.75) is 30.9 Å². The van der Waals surface area contributed by atoms with Crippen LogP contribution in [-0.4, -0.2) is 23.7 Å². The molecule has 1 aromatic heterocycles. The minimum atomic E-state index is -0.437. The van der Waals surface area contributed by atoms with Crippen LogP contribution in [0.15, 0.2) is 36.5 Å². The van der Waals surface area contributed by atoms with Crippen LogP contribution in [-0.2, 0) is 0 Å². The molecule has 1 aliphatic rings. The van der Waals surface area contributed by atoms with E-state index in [-0.39, 0.29) is 6.10 Å². The van der Waals surface area contributed by atoms with Crippen LogP contribution in [0.3, 0.4) is 0 Å². The van der Waals surface area contributed by atoms with E-state index in [2.05, 4.69) is 16.4 Å². The van der Waals surface area contributed by atoms with Crippen LogP contribution in [0.5, 0.6) is 5.75 Å². The molecule has 20 heavy (non-hydrogen) atoms. The Balaban J connectivity index is 1.83. The third-order valence-corrected chi connectivity index (χ3v) is 4.06. The van der Waals surface area contributed by atoms with Crippen LogP contribution in [0.2, 0.25) is 0 Å². The maximum atomic E-state index is 9.29. The second kappa shape index (κ2) is 5.10. The summed E-state index contributed by atoms with van der Waals surface area (Å²) < 4.78 is 6.12. The lowest BCUT2D eigenvalue weighted by molar-refractivity contribution is 0.204. The zero-order valence-corrected chi connectivity index (χ0v) is 11.5. The van der Waals surface area contributed by atoms with Crippen LogP contribution in [0.1, 0.15) is 19.3 Å². The van der Waals surface area contributed by atoms with E-state index in [1.165, 1.54) is 0 Å². The first-order chi connectivity index (χ1) is 9.76. The Morgan fingerprint density at radius 1 is 1.40 bits per heavy atom. The van der Waals surface area contributed by atoms with Gasteiger partial charge in [0.25, 0.3) is 0 Å². The molecule has 0 spiro atoms. The fourth-order valence-corrected chi connectivity index (χ4v) is 2.84. The first-order valence-electron chi connectivity index (χ1n) is 6.87. The highest BCUT2D eigenvalue weighted by molar-refractivity contribution is 5.84. The number of nitriles is 1. The van der Waals surface area contributed by atoms with Crippen LogP contribution in [0.4, 0.5) is 0 Å². The second-order valence-electron chi connectivity index (χ2n) is 5.25. The van der Waals surface area contributed by atoms with Gasteiger partial charge >= 0.3 is 0 Å². The van der Waals surface area contributed by atoms with Crippen molar-refractivity contribution in [1.29, 1.82) is 5.26 Å². The summed E-state index contributed by atoms with van der Waals surface area (Å²) in [7, 11) is 1.84. The summed E-state index contributed by atoms with van der Waals surface area (Å²) in [4.78, 5) is 4.33. The van der Waals surface area contributed by atoms with E-state index < -0.39 is 5.54 Å². The summed E-state index contributed by atoms with van der Waals surface area (Å²) in [6.45, 7) is 0. The van der Waals surface area contributed by atoms with Gasteiger partial charge in [0.2, 0.25) is 0 Å². The maximum Gasteiger partial charge on any atom is 0.129 e. The van der Waals surface area contributed by atoms with Crippen LogP contribution >= 0.6 is 0 Å². The molecule has 1 saturated carbocycles. The third-order valence-electron chi connectivity index (χ3n) is 4.06. The van der Waals surface area contributed by atoms with Crippen molar-refractivity contribution < 1.29 is 4.74 Å². The Bertz CT molecular complexity index is 659. The molecular formula is C16H17N3O. The molecule has 2 unspecified atom stereocenters. The van der Waals surface area contributed by atoms with Crippen LogP contribution < -0.4 is 10.1 Å². The topological polar surface area (TPSA) is 57.9 Å². The van der Waals surface area contributed by atoms with Gasteiger partial charge in [-0.25, -0.2) is 0 Å². The van der Waals surface area contributed by atoms with E-state index in [0.29, 0.717) is 0 Å². The van der Waals surface area contributed by atoms with Gasteiger partial charge in [-0.05, 0) is 44.2 Å². The summed E-state index contributed by atoms with van der Waals surface area (Å²) >= 11 is 0. The Morgan fingerprint density at radius 2 is 2.30 bits per heavy atom. The van der Waals surface area contributed by atoms with Crippen molar-refractivity contribution in [1.82, 2.24) is 10.3 Å². The largest absolute Gasteiger partial charge is 0.490 e. The predicted molar refractivity (Wildman–Crippen MR) is 77.4 cm³/mol. The first kappa shape index (κ1) is 12.9. The van der Waals surface area contributed by atoms with Crippen molar-refractivity contribution in [3.8, 4) is 11.8 Å². The van der Waals surface area contributed by atoms with Crippen LogP contribution in [0, 0.1) is 11.3 Å². The molecule has 3 rings (SSSR count). The molecule has 1 aliphatic carbocycles. The molecule has 102 valence electrons. The zero-order valence-electron chi connectivity index (χ0n) is 11.5. The molecular weight excluding hydrogens is 250 g/mol. The molecule has 2 aromatic rings. The van der Waals surface area contributed by atoms with Gasteiger partial charge in [-0.1, -0.05) is 6.07 Å². The van der Waals surface area contributed by atoms with Gasteiger partial charge in [-0.15, -0.1) is 0 Å². The highest BCUT2D eigenvalue weighted by Crippen LogP contribution is 2.34. The van der Waals surface area contributed by atoms with Gasteiger partial charge in [0.05, 0.1) is 11.6 Å². The van der Waals surface area contributed by atoms with Gasteiger partial charge < -0.3 is 10.1 Å². The average Bonchev–Trinajstić information content (AvgIpc) is 2.92. The lowest BCUT2D eigenvalue weighted by Gasteiger charge is -2.20. The molecule has 4 nitrogen and oxygen atoms in total. The molecule has 1 N–H and O–H groups in total. The number of aromatic nitrogens is 1.